The van der Waals surface area contributed by atoms with Crippen LogP contribution in [0.1, 0.15) is 25.3 Å². The number of nitrogens with zero attached hydrogens (tertiary/aromatic N) is 2. The molecule has 1 aliphatic rings. The van der Waals surface area contributed by atoms with Crippen LogP contribution in [0.4, 0.5) is 5.69 Å². The van der Waals surface area contributed by atoms with E-state index in [1.165, 1.54) is 25.9 Å². The Kier molecular flexibility index (Phi) is 5.75. The highest BCUT2D eigenvalue weighted by Crippen LogP contribution is 2.27. The van der Waals surface area contributed by atoms with E-state index in [1.54, 1.807) is 11.8 Å². The standard InChI is InChI=1S/C16H23N3S/c1-3-19-9-7-13(8-10-19)12-18-15-5-4-6-16(20-2)14(15)11-17/h4-6,13,18H,3,7-10,12H2,1-2H3. The fourth-order valence-electron chi connectivity index (χ4n) is 2.72. The normalized spacial score (nSPS) is 16.9. The average Bonchev–Trinajstić information content (AvgIpc) is 2.52. The minimum atomic E-state index is 0.724. The van der Waals surface area contributed by atoms with E-state index in [0.717, 1.165) is 35.2 Å². The molecule has 0 unspecified atom stereocenters. The Morgan fingerprint density at radius 1 is 1.40 bits per heavy atom. The zero-order valence-electron chi connectivity index (χ0n) is 12.4. The lowest BCUT2D eigenvalue weighted by Crippen LogP contribution is -2.35. The minimum absolute atomic E-state index is 0.724. The van der Waals surface area contributed by atoms with Crippen molar-refractivity contribution >= 4 is 17.4 Å². The van der Waals surface area contributed by atoms with Gasteiger partial charge in [-0.3, -0.25) is 0 Å². The molecular formula is C16H23N3S. The summed E-state index contributed by atoms with van der Waals surface area (Å²) in [6, 6.07) is 8.37. The first-order valence-electron chi connectivity index (χ1n) is 7.31. The van der Waals surface area contributed by atoms with Crippen LogP contribution in [0.5, 0.6) is 0 Å². The van der Waals surface area contributed by atoms with Crippen LogP contribution in [0.15, 0.2) is 23.1 Å². The van der Waals surface area contributed by atoms with Crippen LogP contribution in [0, 0.1) is 17.2 Å². The third kappa shape index (κ3) is 3.68. The SMILES string of the molecule is CCN1CCC(CNc2cccc(SC)c2C#N)CC1. The van der Waals surface area contributed by atoms with Crippen molar-refractivity contribution in [3.8, 4) is 6.07 Å². The van der Waals surface area contributed by atoms with Gasteiger partial charge >= 0.3 is 0 Å². The molecular weight excluding hydrogens is 266 g/mol. The van der Waals surface area contributed by atoms with Crippen molar-refractivity contribution in [2.24, 2.45) is 5.92 Å². The van der Waals surface area contributed by atoms with Gasteiger partial charge in [-0.25, -0.2) is 0 Å². The van der Waals surface area contributed by atoms with Gasteiger partial charge in [-0.05, 0) is 56.8 Å². The fraction of sp³-hybridized carbons (Fsp3) is 0.562. The van der Waals surface area contributed by atoms with E-state index in [9.17, 15) is 5.26 Å². The Balaban J connectivity index is 1.93. The van der Waals surface area contributed by atoms with E-state index in [0.29, 0.717) is 0 Å². The summed E-state index contributed by atoms with van der Waals surface area (Å²) >= 11 is 1.63. The lowest BCUT2D eigenvalue weighted by atomic mass is 9.96. The molecule has 1 saturated heterocycles. The zero-order valence-corrected chi connectivity index (χ0v) is 13.2. The molecule has 20 heavy (non-hydrogen) atoms. The van der Waals surface area contributed by atoms with Crippen molar-refractivity contribution in [1.29, 1.82) is 5.26 Å². The monoisotopic (exact) mass is 289 g/mol. The maximum Gasteiger partial charge on any atom is 0.102 e. The second-order valence-corrected chi connectivity index (χ2v) is 6.10. The summed E-state index contributed by atoms with van der Waals surface area (Å²) in [4.78, 5) is 3.56. The Labute approximate surface area is 126 Å². The van der Waals surface area contributed by atoms with Crippen molar-refractivity contribution in [2.75, 3.05) is 37.8 Å². The van der Waals surface area contributed by atoms with Gasteiger partial charge in [0.2, 0.25) is 0 Å². The molecule has 1 aromatic rings. The number of likely N-dealkylation sites (tertiary alicyclic amines) is 1. The van der Waals surface area contributed by atoms with Crippen LogP contribution in [0.2, 0.25) is 0 Å². The van der Waals surface area contributed by atoms with E-state index in [-0.39, 0.29) is 0 Å². The summed E-state index contributed by atoms with van der Waals surface area (Å²) < 4.78 is 0. The molecule has 0 amide bonds. The summed E-state index contributed by atoms with van der Waals surface area (Å²) in [5.74, 6) is 0.724. The second kappa shape index (κ2) is 7.56. The molecule has 0 aliphatic carbocycles. The molecule has 1 fully saturated rings. The van der Waals surface area contributed by atoms with Crippen molar-refractivity contribution in [3.63, 3.8) is 0 Å². The van der Waals surface area contributed by atoms with Gasteiger partial charge in [0.1, 0.15) is 6.07 Å². The lowest BCUT2D eigenvalue weighted by Gasteiger charge is -2.31. The van der Waals surface area contributed by atoms with Gasteiger partial charge < -0.3 is 10.2 Å². The number of piperidine rings is 1. The molecule has 1 heterocycles. The number of nitriles is 1. The molecule has 3 nitrogen and oxygen atoms in total. The van der Waals surface area contributed by atoms with Gasteiger partial charge in [-0.1, -0.05) is 13.0 Å². The molecule has 1 aromatic carbocycles. The summed E-state index contributed by atoms with van der Waals surface area (Å²) in [5.41, 5.74) is 1.77. The van der Waals surface area contributed by atoms with Crippen LogP contribution in [-0.4, -0.2) is 37.3 Å². The van der Waals surface area contributed by atoms with Crippen LogP contribution in [-0.2, 0) is 0 Å². The highest BCUT2D eigenvalue weighted by atomic mass is 32.2. The van der Waals surface area contributed by atoms with Crippen molar-refractivity contribution in [3.05, 3.63) is 23.8 Å². The Morgan fingerprint density at radius 3 is 2.75 bits per heavy atom. The van der Waals surface area contributed by atoms with Crippen molar-refractivity contribution in [1.82, 2.24) is 4.90 Å². The first-order valence-corrected chi connectivity index (χ1v) is 8.54. The quantitative estimate of drug-likeness (QED) is 0.843. The second-order valence-electron chi connectivity index (χ2n) is 5.25. The van der Waals surface area contributed by atoms with Crippen LogP contribution in [0.3, 0.4) is 0 Å². The van der Waals surface area contributed by atoms with E-state index < -0.39 is 0 Å². The zero-order chi connectivity index (χ0) is 14.4. The van der Waals surface area contributed by atoms with Gasteiger partial charge in [-0.15, -0.1) is 11.8 Å². The fourth-order valence-corrected chi connectivity index (χ4v) is 3.30. The van der Waals surface area contributed by atoms with Crippen molar-refractivity contribution in [2.45, 2.75) is 24.7 Å². The third-order valence-corrected chi connectivity index (χ3v) is 4.87. The number of hydrogen-bond acceptors (Lipinski definition) is 4. The van der Waals surface area contributed by atoms with E-state index >= 15 is 0 Å². The van der Waals surface area contributed by atoms with Crippen LogP contribution in [0.25, 0.3) is 0 Å². The smallest absolute Gasteiger partial charge is 0.102 e. The molecule has 4 heteroatoms. The van der Waals surface area contributed by atoms with E-state index in [1.807, 2.05) is 24.5 Å². The lowest BCUT2D eigenvalue weighted by molar-refractivity contribution is 0.198. The van der Waals surface area contributed by atoms with Gasteiger partial charge in [0.05, 0.1) is 11.3 Å². The van der Waals surface area contributed by atoms with Gasteiger partial charge in [0.15, 0.2) is 0 Å². The number of benzene rings is 1. The molecule has 1 aliphatic heterocycles. The molecule has 0 atom stereocenters. The summed E-state index contributed by atoms with van der Waals surface area (Å²) in [6.07, 6.45) is 4.52. The maximum absolute atomic E-state index is 9.32. The van der Waals surface area contributed by atoms with Crippen LogP contribution >= 0.6 is 11.8 Å². The number of nitrogens with one attached hydrogen (secondary N) is 1. The topological polar surface area (TPSA) is 39.1 Å². The highest BCUT2D eigenvalue weighted by Gasteiger charge is 2.18. The minimum Gasteiger partial charge on any atom is -0.384 e. The largest absolute Gasteiger partial charge is 0.384 e. The highest BCUT2D eigenvalue weighted by molar-refractivity contribution is 7.98. The molecule has 0 bridgehead atoms. The van der Waals surface area contributed by atoms with Gasteiger partial charge in [-0.2, -0.15) is 5.26 Å². The average molecular weight is 289 g/mol. The summed E-state index contributed by atoms with van der Waals surface area (Å²) in [7, 11) is 0. The van der Waals surface area contributed by atoms with Crippen molar-refractivity contribution < 1.29 is 0 Å². The Morgan fingerprint density at radius 2 is 2.15 bits per heavy atom. The van der Waals surface area contributed by atoms with Gasteiger partial charge in [0, 0.05) is 11.4 Å². The molecule has 1 N–H and O–H groups in total. The first-order chi connectivity index (χ1) is 9.78. The Bertz CT molecular complexity index is 473. The predicted octanol–water partition coefficient (Wildman–Crippen LogP) is 3.42. The molecule has 0 spiro atoms. The number of anilines is 1. The Hall–Kier alpha value is -1.18. The van der Waals surface area contributed by atoms with Crippen LogP contribution < -0.4 is 5.32 Å². The first kappa shape index (κ1) is 15.2. The predicted molar refractivity (Wildman–Crippen MR) is 86.3 cm³/mol. The summed E-state index contributed by atoms with van der Waals surface area (Å²) in [5, 5.41) is 12.8. The van der Waals surface area contributed by atoms with E-state index in [4.69, 9.17) is 0 Å². The molecule has 108 valence electrons. The molecule has 0 radical (unpaired) electrons. The number of hydrogen-bond donors (Lipinski definition) is 1. The van der Waals surface area contributed by atoms with E-state index in [2.05, 4.69) is 23.2 Å². The maximum atomic E-state index is 9.32. The molecule has 2 rings (SSSR count). The number of rotatable bonds is 5. The summed E-state index contributed by atoms with van der Waals surface area (Å²) in [6.45, 7) is 6.78. The number of thioether (sulfide) groups is 1. The van der Waals surface area contributed by atoms with Gasteiger partial charge in [0.25, 0.3) is 0 Å². The molecule has 0 saturated carbocycles. The molecule has 0 aromatic heterocycles. The third-order valence-electron chi connectivity index (χ3n) is 4.09.